The molecule has 0 radical (unpaired) electrons. The third-order valence-electron chi connectivity index (χ3n) is 2.19. The quantitative estimate of drug-likeness (QED) is 0.508. The largest absolute Gasteiger partial charge is 0.480 e. The summed E-state index contributed by atoms with van der Waals surface area (Å²) < 4.78 is 0. The van der Waals surface area contributed by atoms with E-state index in [9.17, 15) is 9.59 Å². The van der Waals surface area contributed by atoms with Crippen LogP contribution in [0.3, 0.4) is 0 Å². The molecule has 1 aromatic rings. The molecule has 96 valence electrons. The number of nitrogens with two attached hydrogens (primary N) is 1. The van der Waals surface area contributed by atoms with Gasteiger partial charge in [-0.15, -0.1) is 0 Å². The van der Waals surface area contributed by atoms with Crippen molar-refractivity contribution >= 4 is 18.1 Å². The normalized spacial score (nSPS) is 12.3. The van der Waals surface area contributed by atoms with Crippen molar-refractivity contribution in [2.75, 3.05) is 0 Å². The minimum atomic E-state index is -1.02. The molecule has 0 saturated carbocycles. The molecule has 0 heterocycles. The molecule has 0 aliphatic carbocycles. The van der Waals surface area contributed by atoms with Crippen molar-refractivity contribution in [1.82, 2.24) is 5.43 Å². The minimum absolute atomic E-state index is 0.240. The number of carboxylic acids is 1. The molecule has 1 atom stereocenters. The smallest absolute Gasteiger partial charge is 0.320 e. The molecule has 6 nitrogen and oxygen atoms in total. The summed E-state index contributed by atoms with van der Waals surface area (Å²) in [6, 6.07) is 6.20. The number of carbonyl (C=O) groups excluding carboxylic acids is 1. The monoisotopic (exact) mass is 249 g/mol. The van der Waals surface area contributed by atoms with E-state index in [0.717, 1.165) is 11.1 Å². The van der Waals surface area contributed by atoms with Crippen LogP contribution in [0.1, 0.15) is 18.1 Å². The number of carboxylic acid groups (broad SMARTS) is 1. The number of hydrogen-bond donors (Lipinski definition) is 3. The maximum atomic E-state index is 10.6. The third-order valence-corrected chi connectivity index (χ3v) is 2.19. The second-order valence-corrected chi connectivity index (χ2v) is 3.82. The molecular weight excluding hydrogens is 234 g/mol. The van der Waals surface area contributed by atoms with Gasteiger partial charge in [0.05, 0.1) is 6.21 Å². The van der Waals surface area contributed by atoms with E-state index < -0.39 is 12.0 Å². The lowest BCUT2D eigenvalue weighted by Gasteiger charge is -2.06. The lowest BCUT2D eigenvalue weighted by molar-refractivity contribution is -0.138. The zero-order chi connectivity index (χ0) is 13.5. The van der Waals surface area contributed by atoms with E-state index >= 15 is 0 Å². The molecule has 1 aromatic carbocycles. The average Bonchev–Trinajstić information content (AvgIpc) is 2.30. The molecule has 1 amide bonds. The fraction of sp³-hybridized carbons (Fsp3) is 0.250. The van der Waals surface area contributed by atoms with Crippen molar-refractivity contribution < 1.29 is 14.7 Å². The highest BCUT2D eigenvalue weighted by molar-refractivity contribution is 5.81. The highest BCUT2D eigenvalue weighted by Gasteiger charge is 2.11. The van der Waals surface area contributed by atoms with Gasteiger partial charge in [-0.25, -0.2) is 5.43 Å². The molecule has 0 aliphatic heterocycles. The summed E-state index contributed by atoms with van der Waals surface area (Å²) >= 11 is 0. The van der Waals surface area contributed by atoms with E-state index in [0.29, 0.717) is 0 Å². The Balaban J connectivity index is 2.60. The summed E-state index contributed by atoms with van der Waals surface area (Å²) in [4.78, 5) is 21.2. The maximum Gasteiger partial charge on any atom is 0.320 e. The lowest BCUT2D eigenvalue weighted by Crippen LogP contribution is -2.32. The van der Waals surface area contributed by atoms with E-state index in [2.05, 4.69) is 10.5 Å². The number of hydrazone groups is 1. The lowest BCUT2D eigenvalue weighted by atomic mass is 10.1. The zero-order valence-corrected chi connectivity index (χ0v) is 9.96. The number of benzene rings is 1. The van der Waals surface area contributed by atoms with E-state index in [1.54, 1.807) is 24.3 Å². The van der Waals surface area contributed by atoms with Crippen molar-refractivity contribution in [3.8, 4) is 0 Å². The topological polar surface area (TPSA) is 105 Å². The van der Waals surface area contributed by atoms with Crippen molar-refractivity contribution in [3.05, 3.63) is 35.4 Å². The zero-order valence-electron chi connectivity index (χ0n) is 9.96. The Kier molecular flexibility index (Phi) is 5.01. The Morgan fingerprint density at radius 2 is 2.06 bits per heavy atom. The summed E-state index contributed by atoms with van der Waals surface area (Å²) in [5.41, 5.74) is 9.35. The summed E-state index contributed by atoms with van der Waals surface area (Å²) in [6.07, 6.45) is 1.78. The minimum Gasteiger partial charge on any atom is -0.480 e. The highest BCUT2D eigenvalue weighted by Crippen LogP contribution is 2.05. The Morgan fingerprint density at radius 1 is 1.44 bits per heavy atom. The van der Waals surface area contributed by atoms with E-state index in [1.807, 2.05) is 0 Å². The van der Waals surface area contributed by atoms with Gasteiger partial charge < -0.3 is 10.8 Å². The van der Waals surface area contributed by atoms with Crippen molar-refractivity contribution in [1.29, 1.82) is 0 Å². The van der Waals surface area contributed by atoms with Crippen LogP contribution in [-0.2, 0) is 16.0 Å². The summed E-state index contributed by atoms with van der Waals surface area (Å²) in [7, 11) is 0. The van der Waals surface area contributed by atoms with Gasteiger partial charge in [0.15, 0.2) is 0 Å². The first-order valence-electron chi connectivity index (χ1n) is 5.36. The van der Waals surface area contributed by atoms with Gasteiger partial charge in [-0.05, 0) is 17.5 Å². The van der Waals surface area contributed by atoms with Gasteiger partial charge in [-0.3, -0.25) is 9.59 Å². The van der Waals surface area contributed by atoms with Gasteiger partial charge >= 0.3 is 5.97 Å². The second-order valence-electron chi connectivity index (χ2n) is 3.82. The molecule has 0 saturated heterocycles. The predicted molar refractivity (Wildman–Crippen MR) is 67.2 cm³/mol. The number of rotatable bonds is 5. The molecule has 0 bridgehead atoms. The number of hydrogen-bond acceptors (Lipinski definition) is 4. The van der Waals surface area contributed by atoms with Gasteiger partial charge in [0.25, 0.3) is 0 Å². The van der Waals surface area contributed by atoms with Gasteiger partial charge in [0, 0.05) is 6.92 Å². The van der Waals surface area contributed by atoms with Gasteiger partial charge in [-0.2, -0.15) is 5.10 Å². The van der Waals surface area contributed by atoms with Crippen molar-refractivity contribution in [2.45, 2.75) is 19.4 Å². The molecule has 4 N–H and O–H groups in total. The molecular formula is C12H15N3O3. The number of amides is 1. The molecule has 0 spiro atoms. The Labute approximate surface area is 104 Å². The van der Waals surface area contributed by atoms with Crippen LogP contribution in [0, 0.1) is 0 Å². The molecule has 0 aromatic heterocycles. The van der Waals surface area contributed by atoms with Crippen LogP contribution < -0.4 is 11.2 Å². The summed E-state index contributed by atoms with van der Waals surface area (Å²) in [5.74, 6) is -1.26. The van der Waals surface area contributed by atoms with E-state index in [4.69, 9.17) is 10.8 Å². The Bertz CT molecular complexity index is 454. The first kappa shape index (κ1) is 13.9. The molecule has 0 aliphatic rings. The van der Waals surface area contributed by atoms with Crippen molar-refractivity contribution in [3.63, 3.8) is 0 Å². The molecule has 0 fully saturated rings. The Hall–Kier alpha value is -2.21. The van der Waals surface area contributed by atoms with Gasteiger partial charge in [0.1, 0.15) is 6.04 Å². The first-order valence-corrected chi connectivity index (χ1v) is 5.36. The second kappa shape index (κ2) is 6.51. The third kappa shape index (κ3) is 4.75. The molecule has 18 heavy (non-hydrogen) atoms. The van der Waals surface area contributed by atoms with Crippen LogP contribution in [-0.4, -0.2) is 29.2 Å². The first-order chi connectivity index (χ1) is 8.49. The summed E-state index contributed by atoms with van der Waals surface area (Å²) in [5, 5.41) is 12.4. The number of carbonyl (C=O) groups is 2. The molecule has 6 heteroatoms. The van der Waals surface area contributed by atoms with Gasteiger partial charge in [-0.1, -0.05) is 24.3 Å². The molecule has 1 rings (SSSR count). The number of aliphatic carboxylic acids is 1. The van der Waals surface area contributed by atoms with Crippen LogP contribution in [0.5, 0.6) is 0 Å². The number of nitrogens with zero attached hydrogens (tertiary/aromatic N) is 1. The predicted octanol–water partition coefficient (Wildman–Crippen LogP) is 0.111. The van der Waals surface area contributed by atoms with Crippen LogP contribution in [0.2, 0.25) is 0 Å². The average molecular weight is 249 g/mol. The van der Waals surface area contributed by atoms with Gasteiger partial charge in [0.2, 0.25) is 5.91 Å². The van der Waals surface area contributed by atoms with Crippen LogP contribution in [0.25, 0.3) is 0 Å². The van der Waals surface area contributed by atoms with Crippen LogP contribution in [0.15, 0.2) is 29.4 Å². The number of nitrogens with one attached hydrogen (secondary N) is 1. The van der Waals surface area contributed by atoms with E-state index in [1.165, 1.54) is 13.1 Å². The van der Waals surface area contributed by atoms with Crippen molar-refractivity contribution in [2.24, 2.45) is 10.8 Å². The van der Waals surface area contributed by atoms with Crippen LogP contribution >= 0.6 is 0 Å². The SMILES string of the molecule is CC(=O)NN=Cc1ccc(C[C@H](N)C(=O)O)cc1. The van der Waals surface area contributed by atoms with E-state index in [-0.39, 0.29) is 12.3 Å². The Morgan fingerprint density at radius 3 is 2.56 bits per heavy atom. The standard InChI is InChI=1S/C12H15N3O3/c1-8(16)15-14-7-10-4-2-9(3-5-10)6-11(13)12(17)18/h2-5,7,11H,6,13H2,1H3,(H,15,16)(H,17,18)/t11-/m0/s1. The highest BCUT2D eigenvalue weighted by atomic mass is 16.4. The van der Waals surface area contributed by atoms with Crippen LogP contribution in [0.4, 0.5) is 0 Å². The fourth-order valence-electron chi connectivity index (χ4n) is 1.28. The summed E-state index contributed by atoms with van der Waals surface area (Å²) in [6.45, 7) is 1.37. The fourth-order valence-corrected chi connectivity index (χ4v) is 1.28. The maximum absolute atomic E-state index is 10.6. The molecule has 0 unspecified atom stereocenters.